The smallest absolute Gasteiger partial charge is 0.138 e. The van der Waals surface area contributed by atoms with Gasteiger partial charge >= 0.3 is 0 Å². The van der Waals surface area contributed by atoms with Gasteiger partial charge in [0, 0.05) is 11.1 Å². The molecule has 0 fully saturated rings. The highest BCUT2D eigenvalue weighted by Gasteiger charge is 2.16. The summed E-state index contributed by atoms with van der Waals surface area (Å²) < 4.78 is 5.91. The fourth-order valence-corrected chi connectivity index (χ4v) is 2.60. The molecule has 25 heavy (non-hydrogen) atoms. The molecular weight excluding hydrogens is 357 g/mol. The van der Waals surface area contributed by atoms with Crippen molar-refractivity contribution in [3.63, 3.8) is 0 Å². The van der Waals surface area contributed by atoms with Gasteiger partial charge in [0.1, 0.15) is 12.4 Å². The zero-order valence-electron chi connectivity index (χ0n) is 14.3. The molecule has 6 heteroatoms. The monoisotopic (exact) mass is 379 g/mol. The number of fused-ring (bicyclic) bond motifs is 1. The summed E-state index contributed by atoms with van der Waals surface area (Å²) in [4.78, 5) is 0. The molecule has 3 N–H and O–H groups in total. The number of hydrogen-bond donors (Lipinski definition) is 2. The van der Waals surface area contributed by atoms with Crippen LogP contribution in [0.2, 0.25) is 0 Å². The summed E-state index contributed by atoms with van der Waals surface area (Å²) >= 11 is 0. The van der Waals surface area contributed by atoms with Crippen LogP contribution in [0, 0.1) is 0 Å². The Balaban J connectivity index is 0.00000156. The molecule has 0 aliphatic rings. The summed E-state index contributed by atoms with van der Waals surface area (Å²) in [6.07, 6.45) is 3.53. The molecule has 4 nitrogen and oxygen atoms in total. The number of benzene rings is 2. The molecule has 0 aliphatic carbocycles. The van der Waals surface area contributed by atoms with Crippen molar-refractivity contribution in [3.05, 3.63) is 60.8 Å². The van der Waals surface area contributed by atoms with E-state index in [0.717, 1.165) is 33.3 Å². The van der Waals surface area contributed by atoms with Crippen molar-refractivity contribution in [2.75, 3.05) is 6.61 Å². The minimum atomic E-state index is -0.352. The second-order valence-electron chi connectivity index (χ2n) is 6.17. The average Bonchev–Trinajstić information content (AvgIpc) is 3.00. The van der Waals surface area contributed by atoms with Gasteiger partial charge in [0.15, 0.2) is 0 Å². The fraction of sp³-hybridized carbons (Fsp3) is 0.211. The highest BCUT2D eigenvalue weighted by Crippen LogP contribution is 2.36. The molecule has 0 bridgehead atoms. The Hall–Kier alpha value is -2.01. The van der Waals surface area contributed by atoms with E-state index in [0.29, 0.717) is 6.61 Å². The number of aromatic nitrogens is 2. The number of nitrogens with two attached hydrogens (primary N) is 1. The van der Waals surface area contributed by atoms with E-state index in [1.165, 1.54) is 0 Å². The average molecular weight is 380 g/mol. The number of nitrogens with zero attached hydrogens (tertiary/aromatic N) is 1. The quantitative estimate of drug-likeness (QED) is 0.623. The molecule has 0 spiro atoms. The zero-order valence-corrected chi connectivity index (χ0v) is 15.9. The van der Waals surface area contributed by atoms with E-state index in [1.807, 2.05) is 26.0 Å². The molecule has 2 aromatic carbocycles. The molecular formula is C19H23Cl2N3O. The number of hydrogen-bond acceptors (Lipinski definition) is 3. The molecule has 0 atom stereocenters. The molecule has 3 rings (SSSR count). The number of halogens is 2. The van der Waals surface area contributed by atoms with Gasteiger partial charge in [0.2, 0.25) is 0 Å². The fourth-order valence-electron chi connectivity index (χ4n) is 2.60. The van der Waals surface area contributed by atoms with Crippen molar-refractivity contribution in [2.24, 2.45) is 5.73 Å². The van der Waals surface area contributed by atoms with Crippen LogP contribution in [0.4, 0.5) is 0 Å². The minimum absolute atomic E-state index is 0. The lowest BCUT2D eigenvalue weighted by molar-refractivity contribution is 0.369. The first-order valence-corrected chi connectivity index (χ1v) is 7.60. The topological polar surface area (TPSA) is 63.9 Å². The molecule has 0 aliphatic heterocycles. The summed E-state index contributed by atoms with van der Waals surface area (Å²) in [5.41, 5.74) is 9.96. The lowest BCUT2D eigenvalue weighted by Crippen LogP contribution is -2.28. The molecule has 0 unspecified atom stereocenters. The Kier molecular flexibility index (Phi) is 7.06. The van der Waals surface area contributed by atoms with Crippen LogP contribution in [0.5, 0.6) is 5.75 Å². The summed E-state index contributed by atoms with van der Waals surface area (Å²) in [6, 6.07) is 12.3. The van der Waals surface area contributed by atoms with Gasteiger partial charge in [-0.25, -0.2) is 0 Å². The van der Waals surface area contributed by atoms with Crippen LogP contribution in [0.15, 0.2) is 55.3 Å². The Morgan fingerprint density at radius 3 is 2.44 bits per heavy atom. The van der Waals surface area contributed by atoms with Crippen LogP contribution in [0.1, 0.15) is 19.4 Å². The largest absolute Gasteiger partial charge is 0.488 e. The normalized spacial score (nSPS) is 10.7. The molecule has 1 heterocycles. The molecule has 1 aromatic heterocycles. The predicted molar refractivity (Wildman–Crippen MR) is 109 cm³/mol. The number of rotatable bonds is 5. The molecule has 0 saturated heterocycles. The summed E-state index contributed by atoms with van der Waals surface area (Å²) in [7, 11) is 0. The second-order valence-corrected chi connectivity index (χ2v) is 6.17. The van der Waals surface area contributed by atoms with Crippen molar-refractivity contribution in [3.8, 4) is 16.9 Å². The summed E-state index contributed by atoms with van der Waals surface area (Å²) in [6.45, 7) is 8.17. The maximum absolute atomic E-state index is 6.15. The maximum Gasteiger partial charge on any atom is 0.138 e. The number of aromatic amines is 1. The number of ether oxygens (including phenoxy) is 1. The Labute approximate surface area is 160 Å². The van der Waals surface area contributed by atoms with Gasteiger partial charge in [-0.3, -0.25) is 5.10 Å². The van der Waals surface area contributed by atoms with Crippen LogP contribution in [0.25, 0.3) is 22.0 Å². The van der Waals surface area contributed by atoms with Gasteiger partial charge in [-0.15, -0.1) is 24.8 Å². The van der Waals surface area contributed by atoms with Crippen LogP contribution in [-0.2, 0) is 5.54 Å². The van der Waals surface area contributed by atoms with Gasteiger partial charge in [0.05, 0.1) is 17.1 Å². The summed E-state index contributed by atoms with van der Waals surface area (Å²) in [5.74, 6) is 0.816. The lowest BCUT2D eigenvalue weighted by atomic mass is 9.93. The van der Waals surface area contributed by atoms with Gasteiger partial charge in [-0.05, 0) is 37.1 Å². The van der Waals surface area contributed by atoms with Crippen molar-refractivity contribution in [1.29, 1.82) is 0 Å². The van der Waals surface area contributed by atoms with E-state index in [1.54, 1.807) is 12.3 Å². The first kappa shape index (κ1) is 21.0. The van der Waals surface area contributed by atoms with E-state index >= 15 is 0 Å². The van der Waals surface area contributed by atoms with Crippen molar-refractivity contribution >= 4 is 35.7 Å². The highest BCUT2D eigenvalue weighted by atomic mass is 35.5. The molecule has 0 saturated carbocycles. The lowest BCUT2D eigenvalue weighted by Gasteiger charge is -2.19. The Bertz CT molecular complexity index is 836. The minimum Gasteiger partial charge on any atom is -0.488 e. The van der Waals surface area contributed by atoms with Gasteiger partial charge in [-0.2, -0.15) is 5.10 Å². The van der Waals surface area contributed by atoms with Gasteiger partial charge in [0.25, 0.3) is 0 Å². The standard InChI is InChI=1S/C19H21N3O.2ClH/c1-4-11-23-18-15(9-10-17-16(18)12-21-22-17)13-5-7-14(8-6-13)19(2,3)20;;/h4-10,12H,1,11,20H2,2-3H3,(H,21,22);2*1H. The van der Waals surface area contributed by atoms with Gasteiger partial charge in [-0.1, -0.05) is 36.9 Å². The maximum atomic E-state index is 6.15. The predicted octanol–water partition coefficient (Wildman–Crippen LogP) is 4.83. The summed E-state index contributed by atoms with van der Waals surface area (Å²) in [5, 5.41) is 8.04. The first-order chi connectivity index (χ1) is 11.0. The zero-order chi connectivity index (χ0) is 16.4. The van der Waals surface area contributed by atoms with Crippen molar-refractivity contribution in [2.45, 2.75) is 19.4 Å². The van der Waals surface area contributed by atoms with Crippen molar-refractivity contribution < 1.29 is 4.74 Å². The van der Waals surface area contributed by atoms with Crippen LogP contribution >= 0.6 is 24.8 Å². The Morgan fingerprint density at radius 1 is 1.16 bits per heavy atom. The number of H-pyrrole nitrogens is 1. The van der Waals surface area contributed by atoms with Crippen LogP contribution < -0.4 is 10.5 Å². The molecule has 3 aromatic rings. The third kappa shape index (κ3) is 4.34. The number of nitrogens with one attached hydrogen (secondary N) is 1. The van der Waals surface area contributed by atoms with E-state index < -0.39 is 0 Å². The van der Waals surface area contributed by atoms with Crippen LogP contribution in [0.3, 0.4) is 0 Å². The van der Waals surface area contributed by atoms with Crippen LogP contribution in [-0.4, -0.2) is 16.8 Å². The third-order valence-electron chi connectivity index (χ3n) is 3.86. The highest BCUT2D eigenvalue weighted by molar-refractivity contribution is 5.92. The van der Waals surface area contributed by atoms with E-state index in [2.05, 4.69) is 41.0 Å². The molecule has 0 radical (unpaired) electrons. The van der Waals surface area contributed by atoms with Gasteiger partial charge < -0.3 is 10.5 Å². The van der Waals surface area contributed by atoms with E-state index in [-0.39, 0.29) is 30.4 Å². The Morgan fingerprint density at radius 2 is 1.84 bits per heavy atom. The molecule has 0 amide bonds. The SMILES string of the molecule is C=CCOc1c(-c2ccc(C(C)(C)N)cc2)ccc2[nH]ncc12.Cl.Cl. The van der Waals surface area contributed by atoms with Crippen molar-refractivity contribution in [1.82, 2.24) is 10.2 Å². The third-order valence-corrected chi connectivity index (χ3v) is 3.86. The molecule has 134 valence electrons. The first-order valence-electron chi connectivity index (χ1n) is 7.60. The van der Waals surface area contributed by atoms with E-state index in [9.17, 15) is 0 Å². The second kappa shape index (κ2) is 8.39. The van der Waals surface area contributed by atoms with E-state index in [4.69, 9.17) is 10.5 Å².